The number of benzene rings is 2. The molecule has 11 heteroatoms. The molecule has 2 N–H and O–H groups in total. The maximum Gasteiger partial charge on any atom is 0.417 e. The van der Waals surface area contributed by atoms with Crippen LogP contribution in [0.5, 0.6) is 0 Å². The van der Waals surface area contributed by atoms with Crippen molar-refractivity contribution in [1.82, 2.24) is 14.6 Å². The van der Waals surface area contributed by atoms with Gasteiger partial charge in [0.25, 0.3) is 0 Å². The van der Waals surface area contributed by atoms with Crippen molar-refractivity contribution < 1.29 is 12.8 Å². The SMILES string of the molecule is O=c1[nH]c2cccc(N3CCN(CCCNS(=O)(=O)c4cc5cc(Cl)ccc5s4)CC3)c2o1. The Bertz CT molecular complexity index is 1450. The van der Waals surface area contributed by atoms with Crippen LogP contribution >= 0.6 is 22.9 Å². The molecule has 0 spiro atoms. The van der Waals surface area contributed by atoms with Crippen LogP contribution in [0.1, 0.15) is 6.42 Å². The van der Waals surface area contributed by atoms with E-state index in [2.05, 4.69) is 19.5 Å². The van der Waals surface area contributed by atoms with Gasteiger partial charge in [-0.1, -0.05) is 17.7 Å². The number of H-pyrrole nitrogens is 1. The predicted octanol–water partition coefficient (Wildman–Crippen LogP) is 3.48. The molecule has 0 unspecified atom stereocenters. The van der Waals surface area contributed by atoms with Crippen molar-refractivity contribution in [2.75, 3.05) is 44.2 Å². The van der Waals surface area contributed by atoms with Crippen LogP contribution in [-0.4, -0.2) is 57.6 Å². The van der Waals surface area contributed by atoms with Gasteiger partial charge in [0, 0.05) is 42.4 Å². The van der Waals surface area contributed by atoms with Crippen molar-refractivity contribution >= 4 is 59.8 Å². The van der Waals surface area contributed by atoms with E-state index in [4.69, 9.17) is 16.0 Å². The van der Waals surface area contributed by atoms with Crippen molar-refractivity contribution in [3.63, 3.8) is 0 Å². The minimum absolute atomic E-state index is 0.305. The molecule has 33 heavy (non-hydrogen) atoms. The van der Waals surface area contributed by atoms with Gasteiger partial charge in [-0.2, -0.15) is 0 Å². The number of hydrogen-bond acceptors (Lipinski definition) is 7. The Labute approximate surface area is 199 Å². The summed E-state index contributed by atoms with van der Waals surface area (Å²) in [6.45, 7) is 4.52. The maximum absolute atomic E-state index is 12.7. The summed E-state index contributed by atoms with van der Waals surface area (Å²) in [5.74, 6) is -0.446. The topological polar surface area (TPSA) is 98.6 Å². The lowest BCUT2D eigenvalue weighted by Crippen LogP contribution is -2.47. The molecule has 4 aromatic rings. The average molecular weight is 507 g/mol. The number of piperazine rings is 1. The van der Waals surface area contributed by atoms with E-state index < -0.39 is 15.8 Å². The molecule has 2 aromatic carbocycles. The Hall–Kier alpha value is -2.37. The summed E-state index contributed by atoms with van der Waals surface area (Å²) in [5.41, 5.74) is 2.21. The smallest absolute Gasteiger partial charge is 0.406 e. The molecule has 2 aromatic heterocycles. The Morgan fingerprint density at radius 2 is 1.94 bits per heavy atom. The van der Waals surface area contributed by atoms with E-state index >= 15 is 0 Å². The third kappa shape index (κ3) is 4.80. The van der Waals surface area contributed by atoms with Crippen LogP contribution in [-0.2, 0) is 10.0 Å². The number of nitrogens with zero attached hydrogens (tertiary/aromatic N) is 2. The number of rotatable bonds is 7. The Morgan fingerprint density at radius 1 is 1.12 bits per heavy atom. The van der Waals surface area contributed by atoms with E-state index in [9.17, 15) is 13.2 Å². The molecule has 0 saturated carbocycles. The van der Waals surface area contributed by atoms with Crippen molar-refractivity contribution in [2.24, 2.45) is 0 Å². The number of hydrogen-bond donors (Lipinski definition) is 2. The van der Waals surface area contributed by atoms with Crippen molar-refractivity contribution in [1.29, 1.82) is 0 Å². The Kier molecular flexibility index (Phi) is 6.19. The van der Waals surface area contributed by atoms with Crippen molar-refractivity contribution in [3.05, 3.63) is 58.0 Å². The molecule has 174 valence electrons. The average Bonchev–Trinajstić information content (AvgIpc) is 3.39. The normalized spacial score (nSPS) is 15.6. The third-order valence-electron chi connectivity index (χ3n) is 5.80. The van der Waals surface area contributed by atoms with Gasteiger partial charge in [-0.25, -0.2) is 17.9 Å². The van der Waals surface area contributed by atoms with E-state index in [1.807, 2.05) is 24.3 Å². The van der Waals surface area contributed by atoms with Gasteiger partial charge in [-0.05, 0) is 54.8 Å². The summed E-state index contributed by atoms with van der Waals surface area (Å²) in [4.78, 5) is 18.8. The molecule has 8 nitrogen and oxygen atoms in total. The number of anilines is 1. The van der Waals surface area contributed by atoms with Gasteiger partial charge >= 0.3 is 5.76 Å². The van der Waals surface area contributed by atoms with E-state index in [1.165, 1.54) is 11.3 Å². The number of para-hydroxylation sites is 1. The van der Waals surface area contributed by atoms with Gasteiger partial charge in [-0.15, -0.1) is 11.3 Å². The second-order valence-electron chi connectivity index (χ2n) is 8.00. The van der Waals surface area contributed by atoms with Crippen LogP contribution in [0.15, 0.2) is 55.9 Å². The number of nitrogens with one attached hydrogen (secondary N) is 2. The highest BCUT2D eigenvalue weighted by atomic mass is 35.5. The zero-order valence-electron chi connectivity index (χ0n) is 17.7. The van der Waals surface area contributed by atoms with Crippen molar-refractivity contribution in [2.45, 2.75) is 10.6 Å². The Morgan fingerprint density at radius 3 is 2.76 bits per heavy atom. The molecule has 1 aliphatic rings. The zero-order valence-corrected chi connectivity index (χ0v) is 20.1. The molecule has 5 rings (SSSR count). The summed E-state index contributed by atoms with van der Waals surface area (Å²) in [6.07, 6.45) is 0.720. The summed E-state index contributed by atoms with van der Waals surface area (Å²) >= 11 is 7.25. The van der Waals surface area contributed by atoms with Crippen LogP contribution in [0.3, 0.4) is 0 Å². The number of thiophene rings is 1. The van der Waals surface area contributed by atoms with Crippen LogP contribution in [0.25, 0.3) is 21.2 Å². The Balaban J connectivity index is 1.12. The molecule has 1 fully saturated rings. The lowest BCUT2D eigenvalue weighted by atomic mass is 10.2. The highest BCUT2D eigenvalue weighted by Gasteiger charge is 2.21. The minimum Gasteiger partial charge on any atom is -0.406 e. The molecular weight excluding hydrogens is 484 g/mol. The number of halogens is 1. The first kappa shape index (κ1) is 22.4. The first-order valence-electron chi connectivity index (χ1n) is 10.7. The lowest BCUT2D eigenvalue weighted by Gasteiger charge is -2.36. The van der Waals surface area contributed by atoms with E-state index in [0.29, 0.717) is 26.9 Å². The standard InChI is InChI=1S/C22H23ClN4O4S2/c23-16-5-6-19-15(13-16)14-20(32-19)33(29,30)24-7-2-8-26-9-11-27(12-10-26)18-4-1-3-17-21(18)31-22(28)25-17/h1,3-6,13-14,24H,2,7-12H2,(H,25,28). The largest absolute Gasteiger partial charge is 0.417 e. The highest BCUT2D eigenvalue weighted by Crippen LogP contribution is 2.31. The molecule has 1 saturated heterocycles. The number of sulfonamides is 1. The van der Waals surface area contributed by atoms with E-state index in [0.717, 1.165) is 54.9 Å². The van der Waals surface area contributed by atoms with Crippen molar-refractivity contribution in [3.8, 4) is 0 Å². The molecule has 0 bridgehead atoms. The molecule has 1 aliphatic heterocycles. The second kappa shape index (κ2) is 9.11. The second-order valence-corrected chi connectivity index (χ2v) is 11.5. The van der Waals surface area contributed by atoms with Gasteiger partial charge in [0.1, 0.15) is 4.21 Å². The lowest BCUT2D eigenvalue weighted by molar-refractivity contribution is 0.255. The molecule has 0 atom stereocenters. The molecule has 0 radical (unpaired) electrons. The van der Waals surface area contributed by atoms with Crippen LogP contribution in [0.4, 0.5) is 5.69 Å². The minimum atomic E-state index is -3.54. The van der Waals surface area contributed by atoms with Gasteiger partial charge in [-0.3, -0.25) is 9.88 Å². The van der Waals surface area contributed by atoms with Crippen LogP contribution in [0.2, 0.25) is 5.02 Å². The first-order chi connectivity index (χ1) is 15.9. The summed E-state index contributed by atoms with van der Waals surface area (Å²) in [6, 6.07) is 12.7. The van der Waals surface area contributed by atoms with Gasteiger partial charge in [0.2, 0.25) is 10.0 Å². The maximum atomic E-state index is 12.7. The quantitative estimate of drug-likeness (QED) is 0.372. The number of aromatic amines is 1. The van der Waals surface area contributed by atoms with Crippen LogP contribution < -0.4 is 15.4 Å². The fourth-order valence-electron chi connectivity index (χ4n) is 4.12. The number of aromatic nitrogens is 1. The van der Waals surface area contributed by atoms with E-state index in [-0.39, 0.29) is 0 Å². The van der Waals surface area contributed by atoms with Gasteiger partial charge < -0.3 is 9.32 Å². The summed E-state index contributed by atoms with van der Waals surface area (Å²) in [5, 5.41) is 1.42. The molecule has 0 aliphatic carbocycles. The molecule has 0 amide bonds. The predicted molar refractivity (Wildman–Crippen MR) is 132 cm³/mol. The summed E-state index contributed by atoms with van der Waals surface area (Å²) in [7, 11) is -3.54. The van der Waals surface area contributed by atoms with Gasteiger partial charge in [0.05, 0.1) is 11.2 Å². The third-order valence-corrected chi connectivity index (χ3v) is 9.09. The monoisotopic (exact) mass is 506 g/mol. The molecular formula is C22H23ClN4O4S2. The van der Waals surface area contributed by atoms with E-state index in [1.54, 1.807) is 18.2 Å². The molecule has 3 heterocycles. The fourth-order valence-corrected chi connectivity index (χ4v) is 6.80. The number of oxazole rings is 1. The van der Waals surface area contributed by atoms with Crippen LogP contribution in [0, 0.1) is 0 Å². The fraction of sp³-hybridized carbons (Fsp3) is 0.318. The van der Waals surface area contributed by atoms with Gasteiger partial charge in [0.15, 0.2) is 5.58 Å². The first-order valence-corrected chi connectivity index (χ1v) is 13.3. The number of fused-ring (bicyclic) bond motifs is 2. The summed E-state index contributed by atoms with van der Waals surface area (Å²) < 4.78 is 34.5. The zero-order chi connectivity index (χ0) is 23.0. The highest BCUT2D eigenvalue weighted by molar-refractivity contribution is 7.91.